The molecule has 4 heteroatoms. The summed E-state index contributed by atoms with van der Waals surface area (Å²) in [6.45, 7) is 6.54. The van der Waals surface area contributed by atoms with Crippen molar-refractivity contribution in [3.05, 3.63) is 57.4 Å². The van der Waals surface area contributed by atoms with Crippen LogP contribution in [0.25, 0.3) is 11.3 Å². The Kier molecular flexibility index (Phi) is 4.63. The summed E-state index contributed by atoms with van der Waals surface area (Å²) in [6.07, 6.45) is -0.0342. The summed E-state index contributed by atoms with van der Waals surface area (Å²) in [5.74, 6) is 0. The number of rotatable bonds is 4. The minimum Gasteiger partial charge on any atom is -0.308 e. The Morgan fingerprint density at radius 3 is 2.48 bits per heavy atom. The highest BCUT2D eigenvalue weighted by Crippen LogP contribution is 2.23. The lowest BCUT2D eigenvalue weighted by molar-refractivity contribution is -0.111. The first-order chi connectivity index (χ1) is 9.93. The number of carbonyl (C=O) groups is 1. The van der Waals surface area contributed by atoms with Crippen molar-refractivity contribution >= 4 is 16.8 Å². The van der Waals surface area contributed by atoms with Crippen molar-refractivity contribution in [3.63, 3.8) is 0 Å². The lowest BCUT2D eigenvalue weighted by Crippen LogP contribution is -2.25. The van der Waals surface area contributed by atoms with Gasteiger partial charge in [-0.25, -0.2) is 0 Å². The minimum atomic E-state index is -0.519. The van der Waals surface area contributed by atoms with Crippen LogP contribution >= 0.6 is 11.6 Å². The number of pyridine rings is 1. The molecule has 0 spiro atoms. The fourth-order valence-electron chi connectivity index (χ4n) is 2.56. The van der Waals surface area contributed by atoms with E-state index in [9.17, 15) is 9.59 Å². The van der Waals surface area contributed by atoms with Crippen molar-refractivity contribution in [2.24, 2.45) is 0 Å². The second-order valence-corrected chi connectivity index (χ2v) is 5.57. The van der Waals surface area contributed by atoms with Crippen LogP contribution in [0.4, 0.5) is 0 Å². The Morgan fingerprint density at radius 1 is 1.19 bits per heavy atom. The third-order valence-electron chi connectivity index (χ3n) is 3.56. The fourth-order valence-corrected chi connectivity index (χ4v) is 2.70. The van der Waals surface area contributed by atoms with E-state index in [2.05, 4.69) is 6.07 Å². The van der Waals surface area contributed by atoms with Gasteiger partial charge in [-0.05, 0) is 44.0 Å². The number of halogens is 1. The van der Waals surface area contributed by atoms with Gasteiger partial charge in [0.15, 0.2) is 0 Å². The standard InChI is InChI=1S/C17H18ClNO2/c1-4-19-15(14-7-5-11(2)9-12(14)3)8-6-13(17(19)21)10-16(18)20/h5-9H,4,10H2,1-3H3. The topological polar surface area (TPSA) is 39.1 Å². The van der Waals surface area contributed by atoms with Crippen LogP contribution < -0.4 is 5.56 Å². The molecule has 0 atom stereocenters. The average molecular weight is 304 g/mol. The van der Waals surface area contributed by atoms with Gasteiger partial charge in [0.1, 0.15) is 0 Å². The van der Waals surface area contributed by atoms with Crippen LogP contribution in [0.15, 0.2) is 35.1 Å². The van der Waals surface area contributed by atoms with Gasteiger partial charge < -0.3 is 4.57 Å². The van der Waals surface area contributed by atoms with Crippen LogP contribution in [0.5, 0.6) is 0 Å². The molecule has 0 amide bonds. The molecule has 2 rings (SSSR count). The molecule has 1 heterocycles. The monoisotopic (exact) mass is 303 g/mol. The van der Waals surface area contributed by atoms with Crippen molar-refractivity contribution in [1.29, 1.82) is 0 Å². The van der Waals surface area contributed by atoms with Crippen LogP contribution in [0.1, 0.15) is 23.6 Å². The molecule has 0 saturated carbocycles. The van der Waals surface area contributed by atoms with Gasteiger partial charge in [-0.15, -0.1) is 0 Å². The van der Waals surface area contributed by atoms with Crippen LogP contribution in [0.2, 0.25) is 0 Å². The molecule has 0 radical (unpaired) electrons. The molecule has 1 aromatic carbocycles. The molecule has 21 heavy (non-hydrogen) atoms. The van der Waals surface area contributed by atoms with Gasteiger partial charge in [-0.3, -0.25) is 9.59 Å². The molecule has 0 aliphatic rings. The number of hydrogen-bond acceptors (Lipinski definition) is 2. The molecule has 1 aromatic heterocycles. The van der Waals surface area contributed by atoms with Gasteiger partial charge in [0.25, 0.3) is 5.56 Å². The van der Waals surface area contributed by atoms with Crippen LogP contribution in [-0.2, 0) is 17.8 Å². The van der Waals surface area contributed by atoms with Gasteiger partial charge in [0, 0.05) is 17.7 Å². The molecule has 0 fully saturated rings. The zero-order valence-electron chi connectivity index (χ0n) is 12.4. The highest BCUT2D eigenvalue weighted by atomic mass is 35.5. The Labute approximate surface area is 129 Å². The van der Waals surface area contributed by atoms with Crippen LogP contribution in [0, 0.1) is 13.8 Å². The molecule has 0 saturated heterocycles. The Hall–Kier alpha value is -1.87. The first-order valence-electron chi connectivity index (χ1n) is 6.92. The van der Waals surface area contributed by atoms with Gasteiger partial charge >= 0.3 is 0 Å². The molecule has 3 nitrogen and oxygen atoms in total. The van der Waals surface area contributed by atoms with E-state index >= 15 is 0 Å². The summed E-state index contributed by atoms with van der Waals surface area (Å²) >= 11 is 5.39. The summed E-state index contributed by atoms with van der Waals surface area (Å²) < 4.78 is 1.69. The third kappa shape index (κ3) is 3.24. The molecular weight excluding hydrogens is 286 g/mol. The van der Waals surface area contributed by atoms with Gasteiger partial charge in [-0.2, -0.15) is 0 Å². The molecule has 0 unspecified atom stereocenters. The zero-order chi connectivity index (χ0) is 15.6. The normalized spacial score (nSPS) is 10.7. The van der Waals surface area contributed by atoms with E-state index in [0.29, 0.717) is 12.1 Å². The predicted octanol–water partition coefficient (Wildman–Crippen LogP) is 3.46. The summed E-state index contributed by atoms with van der Waals surface area (Å²) in [5.41, 5.74) is 4.49. The number of hydrogen-bond donors (Lipinski definition) is 0. The number of benzene rings is 1. The molecule has 0 bridgehead atoms. The summed E-state index contributed by atoms with van der Waals surface area (Å²) in [6, 6.07) is 9.73. The smallest absolute Gasteiger partial charge is 0.254 e. The predicted molar refractivity (Wildman–Crippen MR) is 85.9 cm³/mol. The summed E-state index contributed by atoms with van der Waals surface area (Å²) in [5, 5.41) is -0.519. The molecule has 0 aliphatic heterocycles. The van der Waals surface area contributed by atoms with E-state index in [1.165, 1.54) is 5.56 Å². The van der Waals surface area contributed by atoms with E-state index in [4.69, 9.17) is 11.6 Å². The minimum absolute atomic E-state index is 0.0342. The van der Waals surface area contributed by atoms with Crippen molar-refractivity contribution in [3.8, 4) is 11.3 Å². The lowest BCUT2D eigenvalue weighted by Gasteiger charge is -2.15. The second-order valence-electron chi connectivity index (χ2n) is 5.14. The van der Waals surface area contributed by atoms with Crippen molar-refractivity contribution in [2.75, 3.05) is 0 Å². The maximum atomic E-state index is 12.5. The van der Waals surface area contributed by atoms with Crippen LogP contribution in [-0.4, -0.2) is 9.81 Å². The number of carbonyl (C=O) groups excluding carboxylic acids is 1. The van der Waals surface area contributed by atoms with E-state index in [1.54, 1.807) is 10.6 Å². The van der Waals surface area contributed by atoms with Gasteiger partial charge in [0.2, 0.25) is 5.24 Å². The molecule has 110 valence electrons. The summed E-state index contributed by atoms with van der Waals surface area (Å²) in [7, 11) is 0. The van der Waals surface area contributed by atoms with Gasteiger partial charge in [0.05, 0.1) is 12.1 Å². The lowest BCUT2D eigenvalue weighted by atomic mass is 10.0. The maximum Gasteiger partial charge on any atom is 0.254 e. The van der Waals surface area contributed by atoms with Crippen LogP contribution in [0.3, 0.4) is 0 Å². The van der Waals surface area contributed by atoms with Crippen molar-refractivity contribution < 1.29 is 4.79 Å². The first kappa shape index (κ1) is 15.5. The highest BCUT2D eigenvalue weighted by Gasteiger charge is 2.12. The Balaban J connectivity index is 2.62. The highest BCUT2D eigenvalue weighted by molar-refractivity contribution is 6.63. The van der Waals surface area contributed by atoms with Gasteiger partial charge in [-0.1, -0.05) is 29.8 Å². The number of nitrogens with zero attached hydrogens (tertiary/aromatic N) is 1. The van der Waals surface area contributed by atoms with Crippen molar-refractivity contribution in [1.82, 2.24) is 4.57 Å². The molecule has 0 aliphatic carbocycles. The maximum absolute atomic E-state index is 12.5. The zero-order valence-corrected chi connectivity index (χ0v) is 13.2. The molecule has 2 aromatic rings. The van der Waals surface area contributed by atoms with E-state index in [0.717, 1.165) is 16.8 Å². The van der Waals surface area contributed by atoms with E-state index in [-0.39, 0.29) is 12.0 Å². The second kappa shape index (κ2) is 6.27. The Morgan fingerprint density at radius 2 is 1.90 bits per heavy atom. The van der Waals surface area contributed by atoms with E-state index in [1.807, 2.05) is 39.0 Å². The first-order valence-corrected chi connectivity index (χ1v) is 7.30. The van der Waals surface area contributed by atoms with E-state index < -0.39 is 5.24 Å². The molecular formula is C17H18ClNO2. The van der Waals surface area contributed by atoms with Crippen molar-refractivity contribution in [2.45, 2.75) is 33.7 Å². The largest absolute Gasteiger partial charge is 0.308 e. The fraction of sp³-hybridized carbons (Fsp3) is 0.294. The number of aryl methyl sites for hydroxylation is 2. The summed E-state index contributed by atoms with van der Waals surface area (Å²) in [4.78, 5) is 23.5. The third-order valence-corrected chi connectivity index (χ3v) is 3.69. The Bertz CT molecular complexity index is 747. The quantitative estimate of drug-likeness (QED) is 0.811. The average Bonchev–Trinajstić information content (AvgIpc) is 2.41. The molecule has 0 N–H and O–H groups in total. The number of aromatic nitrogens is 1. The SMILES string of the molecule is CCn1c(-c2ccc(C)cc2C)ccc(CC(=O)Cl)c1=O.